The number of aldehydes is 1. The van der Waals surface area contributed by atoms with Crippen molar-refractivity contribution >= 4 is 6.29 Å². The molecule has 0 unspecified atom stereocenters. The fourth-order valence-corrected chi connectivity index (χ4v) is 0.478. The first-order valence-electron chi connectivity index (χ1n) is 2.85. The summed E-state index contributed by atoms with van der Waals surface area (Å²) in [5.41, 5.74) is 0. The first-order valence-corrected chi connectivity index (χ1v) is 2.85. The second kappa shape index (κ2) is 11.1. The summed E-state index contributed by atoms with van der Waals surface area (Å²) in [5.74, 6) is 0. The molecule has 0 aromatic carbocycles. The molecule has 0 radical (unpaired) electrons. The van der Waals surface area contributed by atoms with Gasteiger partial charge in [0.2, 0.25) is 0 Å². The van der Waals surface area contributed by atoms with E-state index in [1.165, 1.54) is 12.8 Å². The van der Waals surface area contributed by atoms with Gasteiger partial charge in [-0.2, -0.15) is 0 Å². The fraction of sp³-hybridized carbons (Fsp3) is 0.833. The van der Waals surface area contributed by atoms with Crippen LogP contribution in [-0.2, 0) is 4.79 Å². The summed E-state index contributed by atoms with van der Waals surface area (Å²) in [4.78, 5) is 9.68. The molecule has 0 saturated carbocycles. The quantitative estimate of drug-likeness (QED) is 0.275. The topological polar surface area (TPSA) is 17.1 Å². The molecule has 1 nitrogen and oxygen atoms in total. The summed E-state index contributed by atoms with van der Waals surface area (Å²) < 4.78 is 0. The summed E-state index contributed by atoms with van der Waals surface area (Å²) in [6.45, 7) is 2.13. The molecule has 0 aliphatic carbocycles. The maximum atomic E-state index is 9.68. The van der Waals surface area contributed by atoms with Crippen molar-refractivity contribution in [1.29, 1.82) is 0 Å². The third-order valence-corrected chi connectivity index (χ3v) is 0.926. The zero-order valence-corrected chi connectivity index (χ0v) is 8.94. The maximum absolute atomic E-state index is 9.68. The number of rotatable bonds is 4. The van der Waals surface area contributed by atoms with Crippen LogP contribution in [0.25, 0.3) is 0 Å². The van der Waals surface area contributed by atoms with Gasteiger partial charge < -0.3 is 6.22 Å². The standard InChI is InChI=1S/C6H12O.K.H/c1-2-3-4-5-6-7;;/h6H,2-5H2,1H3;;/q;+1;-1. The predicted molar refractivity (Wildman–Crippen MR) is 31.3 cm³/mol. The average Bonchev–Trinajstić information content (AvgIpc) is 1.69. The number of carbonyl (C=O) groups is 1. The van der Waals surface area contributed by atoms with E-state index in [1.807, 2.05) is 0 Å². The van der Waals surface area contributed by atoms with Crippen molar-refractivity contribution in [3.8, 4) is 0 Å². The predicted octanol–water partition coefficient (Wildman–Crippen LogP) is -1.12. The second-order valence-corrected chi connectivity index (χ2v) is 1.66. The van der Waals surface area contributed by atoms with Gasteiger partial charge in [-0.25, -0.2) is 0 Å². The Morgan fingerprint density at radius 2 is 2.12 bits per heavy atom. The molecule has 0 heterocycles. The Morgan fingerprint density at radius 3 is 2.50 bits per heavy atom. The fourth-order valence-electron chi connectivity index (χ4n) is 0.478. The molecule has 0 atom stereocenters. The van der Waals surface area contributed by atoms with Crippen LogP contribution in [0.1, 0.15) is 34.0 Å². The Kier molecular flexibility index (Phi) is 16.8. The maximum Gasteiger partial charge on any atom is 1.00 e. The summed E-state index contributed by atoms with van der Waals surface area (Å²) in [6, 6.07) is 0. The van der Waals surface area contributed by atoms with E-state index in [2.05, 4.69) is 6.92 Å². The van der Waals surface area contributed by atoms with Crippen molar-refractivity contribution in [2.75, 3.05) is 0 Å². The molecule has 0 aromatic heterocycles. The molecule has 0 aliphatic rings. The Morgan fingerprint density at radius 1 is 1.50 bits per heavy atom. The van der Waals surface area contributed by atoms with Crippen LogP contribution in [0.3, 0.4) is 0 Å². The molecular formula is C6H13KO. The molecule has 0 aromatic rings. The van der Waals surface area contributed by atoms with E-state index in [9.17, 15) is 4.79 Å². The van der Waals surface area contributed by atoms with Gasteiger partial charge in [-0.15, -0.1) is 0 Å². The first-order chi connectivity index (χ1) is 3.41. The van der Waals surface area contributed by atoms with E-state index in [0.717, 1.165) is 19.1 Å². The van der Waals surface area contributed by atoms with Gasteiger partial charge in [0, 0.05) is 6.42 Å². The third-order valence-electron chi connectivity index (χ3n) is 0.926. The van der Waals surface area contributed by atoms with E-state index in [-0.39, 0.29) is 52.8 Å². The molecule has 44 valence electrons. The third kappa shape index (κ3) is 10.3. The van der Waals surface area contributed by atoms with Crippen LogP contribution in [0.5, 0.6) is 0 Å². The molecule has 2 heteroatoms. The van der Waals surface area contributed by atoms with Gasteiger partial charge in [0.1, 0.15) is 6.29 Å². The normalized spacial score (nSPS) is 7.62. The second-order valence-electron chi connectivity index (χ2n) is 1.66. The van der Waals surface area contributed by atoms with Gasteiger partial charge in [0.25, 0.3) is 0 Å². The molecular weight excluding hydrogens is 127 g/mol. The van der Waals surface area contributed by atoms with Crippen LogP contribution >= 0.6 is 0 Å². The SMILES string of the molecule is CCCCCC=O.[H-].[K+]. The van der Waals surface area contributed by atoms with Crippen LogP contribution in [0.2, 0.25) is 0 Å². The van der Waals surface area contributed by atoms with Crippen LogP contribution < -0.4 is 51.4 Å². The molecule has 0 bridgehead atoms. The smallest absolute Gasteiger partial charge is 1.00 e. The summed E-state index contributed by atoms with van der Waals surface area (Å²) in [5, 5.41) is 0. The summed E-state index contributed by atoms with van der Waals surface area (Å²) >= 11 is 0. The molecule has 0 saturated heterocycles. The Bertz CT molecular complexity index is 50.3. The minimum absolute atomic E-state index is 0. The van der Waals surface area contributed by atoms with Crippen molar-refractivity contribution in [1.82, 2.24) is 0 Å². The zero-order chi connectivity index (χ0) is 5.54. The van der Waals surface area contributed by atoms with Crippen LogP contribution in [-0.4, -0.2) is 6.29 Å². The molecule has 0 N–H and O–H groups in total. The van der Waals surface area contributed by atoms with Crippen molar-refractivity contribution in [3.63, 3.8) is 0 Å². The van der Waals surface area contributed by atoms with Gasteiger partial charge in [0.05, 0.1) is 0 Å². The van der Waals surface area contributed by atoms with Crippen molar-refractivity contribution < 1.29 is 57.6 Å². The van der Waals surface area contributed by atoms with E-state index >= 15 is 0 Å². The zero-order valence-electron chi connectivity index (χ0n) is 6.81. The Hall–Kier alpha value is 1.31. The number of hydrogen-bond acceptors (Lipinski definition) is 1. The molecule has 0 aliphatic heterocycles. The van der Waals surface area contributed by atoms with E-state index in [0.29, 0.717) is 0 Å². The van der Waals surface area contributed by atoms with Crippen LogP contribution in [0, 0.1) is 0 Å². The number of hydrogen-bond donors (Lipinski definition) is 0. The van der Waals surface area contributed by atoms with Gasteiger partial charge in [-0.05, 0) is 6.42 Å². The van der Waals surface area contributed by atoms with E-state index in [4.69, 9.17) is 0 Å². The summed E-state index contributed by atoms with van der Waals surface area (Å²) in [7, 11) is 0. The van der Waals surface area contributed by atoms with Crippen LogP contribution in [0.15, 0.2) is 0 Å². The number of unbranched alkanes of at least 4 members (excludes halogenated alkanes) is 3. The number of carbonyl (C=O) groups excluding carboxylic acids is 1. The first kappa shape index (κ1) is 12.0. The van der Waals surface area contributed by atoms with Crippen molar-refractivity contribution in [2.45, 2.75) is 32.6 Å². The minimum Gasteiger partial charge on any atom is -1.00 e. The van der Waals surface area contributed by atoms with Gasteiger partial charge in [0.15, 0.2) is 0 Å². The molecule has 8 heavy (non-hydrogen) atoms. The van der Waals surface area contributed by atoms with E-state index in [1.54, 1.807) is 0 Å². The Labute approximate surface area is 95.1 Å². The Balaban J connectivity index is -0.000000180. The molecule has 0 spiro atoms. The average molecular weight is 140 g/mol. The van der Waals surface area contributed by atoms with Gasteiger partial charge in [-0.1, -0.05) is 19.8 Å². The molecule has 0 rings (SSSR count). The van der Waals surface area contributed by atoms with Crippen LogP contribution in [0.4, 0.5) is 0 Å². The van der Waals surface area contributed by atoms with Crippen molar-refractivity contribution in [3.05, 3.63) is 0 Å². The van der Waals surface area contributed by atoms with Gasteiger partial charge in [-0.3, -0.25) is 0 Å². The monoisotopic (exact) mass is 140 g/mol. The van der Waals surface area contributed by atoms with Crippen molar-refractivity contribution in [2.24, 2.45) is 0 Å². The molecule has 0 fully saturated rings. The molecule has 0 amide bonds. The minimum atomic E-state index is 0. The largest absolute Gasteiger partial charge is 1.00 e. The van der Waals surface area contributed by atoms with E-state index < -0.39 is 0 Å². The summed E-state index contributed by atoms with van der Waals surface area (Å²) in [6.07, 6.45) is 5.19. The van der Waals surface area contributed by atoms with Gasteiger partial charge >= 0.3 is 51.4 Å².